The predicted molar refractivity (Wildman–Crippen MR) is 49.6 cm³/mol. The summed E-state index contributed by atoms with van der Waals surface area (Å²) in [5, 5.41) is 3.32. The van der Waals surface area contributed by atoms with Crippen molar-refractivity contribution in [2.75, 3.05) is 13.1 Å². The minimum atomic E-state index is 0. The fourth-order valence-corrected chi connectivity index (χ4v) is 3.52. The quantitative estimate of drug-likeness (QED) is 0.515. The van der Waals surface area contributed by atoms with E-state index in [9.17, 15) is 0 Å². The van der Waals surface area contributed by atoms with Gasteiger partial charge in [0.2, 0.25) is 0 Å². The van der Waals surface area contributed by atoms with Gasteiger partial charge in [0, 0.05) is 17.0 Å². The highest BCUT2D eigenvalue weighted by Crippen LogP contribution is 2.47. The van der Waals surface area contributed by atoms with Crippen LogP contribution in [0.4, 0.5) is 0 Å². The zero-order valence-corrected chi connectivity index (χ0v) is 8.17. The molecule has 3 heteroatoms. The number of rotatable bonds is 0. The molecule has 1 nitrogen and oxygen atoms in total. The standard InChI is InChI=1S/C6H10IN.ClH/c7-5-1-6(2-5)3-8-4-6;/h5,8H,1-4H2;1H. The maximum Gasteiger partial charge on any atom is 0.0122 e. The van der Waals surface area contributed by atoms with Crippen LogP contribution in [0.5, 0.6) is 0 Å². The molecule has 0 unspecified atom stereocenters. The van der Waals surface area contributed by atoms with Gasteiger partial charge in [-0.2, -0.15) is 0 Å². The lowest BCUT2D eigenvalue weighted by atomic mass is 9.65. The van der Waals surface area contributed by atoms with E-state index in [1.54, 1.807) is 0 Å². The van der Waals surface area contributed by atoms with Crippen LogP contribution in [0.3, 0.4) is 0 Å². The van der Waals surface area contributed by atoms with Gasteiger partial charge in [-0.1, -0.05) is 22.6 Å². The molecule has 1 aliphatic carbocycles. The molecule has 0 amide bonds. The van der Waals surface area contributed by atoms with Crippen molar-refractivity contribution >= 4 is 35.0 Å². The van der Waals surface area contributed by atoms with Crippen LogP contribution in [0.25, 0.3) is 0 Å². The Morgan fingerprint density at radius 3 is 2.00 bits per heavy atom. The molecule has 0 atom stereocenters. The lowest BCUT2D eigenvalue weighted by molar-refractivity contribution is 0.0728. The third-order valence-corrected chi connectivity index (χ3v) is 3.19. The molecule has 0 aromatic carbocycles. The summed E-state index contributed by atoms with van der Waals surface area (Å²) < 4.78 is 0.995. The second-order valence-corrected chi connectivity index (χ2v) is 4.87. The summed E-state index contributed by atoms with van der Waals surface area (Å²) in [6, 6.07) is 0. The Morgan fingerprint density at radius 2 is 1.89 bits per heavy atom. The summed E-state index contributed by atoms with van der Waals surface area (Å²) in [7, 11) is 0. The van der Waals surface area contributed by atoms with Gasteiger partial charge >= 0.3 is 0 Å². The summed E-state index contributed by atoms with van der Waals surface area (Å²) in [6.45, 7) is 2.60. The van der Waals surface area contributed by atoms with Gasteiger partial charge in [0.25, 0.3) is 0 Å². The van der Waals surface area contributed by atoms with Crippen LogP contribution in [0.15, 0.2) is 0 Å². The Morgan fingerprint density at radius 1 is 1.33 bits per heavy atom. The van der Waals surface area contributed by atoms with Crippen molar-refractivity contribution < 1.29 is 0 Å². The highest BCUT2D eigenvalue weighted by Gasteiger charge is 2.47. The van der Waals surface area contributed by atoms with E-state index < -0.39 is 0 Å². The largest absolute Gasteiger partial charge is 0.316 e. The van der Waals surface area contributed by atoms with Crippen molar-refractivity contribution in [1.82, 2.24) is 5.32 Å². The number of halogens is 2. The first kappa shape index (κ1) is 8.08. The van der Waals surface area contributed by atoms with Gasteiger partial charge in [-0.05, 0) is 18.3 Å². The monoisotopic (exact) mass is 259 g/mol. The van der Waals surface area contributed by atoms with E-state index in [2.05, 4.69) is 27.9 Å². The molecule has 1 saturated carbocycles. The molecule has 0 aromatic heterocycles. The summed E-state index contributed by atoms with van der Waals surface area (Å²) in [6.07, 6.45) is 2.95. The van der Waals surface area contributed by atoms with Crippen LogP contribution in [-0.4, -0.2) is 17.0 Å². The molecule has 0 radical (unpaired) electrons. The number of nitrogens with one attached hydrogen (secondary N) is 1. The van der Waals surface area contributed by atoms with Gasteiger partial charge in [-0.15, -0.1) is 12.4 Å². The smallest absolute Gasteiger partial charge is 0.0122 e. The molecule has 2 rings (SSSR count). The topological polar surface area (TPSA) is 12.0 Å². The van der Waals surface area contributed by atoms with Crippen molar-refractivity contribution in [3.63, 3.8) is 0 Å². The highest BCUT2D eigenvalue weighted by atomic mass is 127. The molecular weight excluding hydrogens is 248 g/mol. The SMILES string of the molecule is Cl.IC1CC2(CNC2)C1. The summed E-state index contributed by atoms with van der Waals surface area (Å²) in [4.78, 5) is 0. The van der Waals surface area contributed by atoms with Gasteiger partial charge < -0.3 is 5.32 Å². The number of hydrogen-bond donors (Lipinski definition) is 1. The second-order valence-electron chi connectivity index (χ2n) is 3.11. The molecule has 1 aliphatic heterocycles. The molecule has 0 bridgehead atoms. The average molecular weight is 260 g/mol. The van der Waals surface area contributed by atoms with E-state index in [0.29, 0.717) is 0 Å². The molecule has 54 valence electrons. The Kier molecular flexibility index (Phi) is 2.29. The summed E-state index contributed by atoms with van der Waals surface area (Å²) in [5.74, 6) is 0. The normalized spacial score (nSPS) is 30.3. The average Bonchev–Trinajstić information content (AvgIpc) is 1.51. The first-order valence-electron chi connectivity index (χ1n) is 3.16. The zero-order chi connectivity index (χ0) is 5.61. The molecular formula is C6H11ClIN. The molecule has 9 heavy (non-hydrogen) atoms. The number of alkyl halides is 1. The van der Waals surface area contributed by atoms with Crippen molar-refractivity contribution in [2.24, 2.45) is 5.41 Å². The maximum atomic E-state index is 3.32. The first-order valence-corrected chi connectivity index (χ1v) is 4.40. The lowest BCUT2D eigenvalue weighted by Gasteiger charge is -2.52. The van der Waals surface area contributed by atoms with E-state index in [1.807, 2.05) is 0 Å². The number of hydrogen-bond acceptors (Lipinski definition) is 1. The van der Waals surface area contributed by atoms with E-state index >= 15 is 0 Å². The van der Waals surface area contributed by atoms with Crippen molar-refractivity contribution in [2.45, 2.75) is 16.8 Å². The third-order valence-electron chi connectivity index (χ3n) is 2.31. The maximum absolute atomic E-state index is 3.32. The van der Waals surface area contributed by atoms with Crippen molar-refractivity contribution in [3.05, 3.63) is 0 Å². The fourth-order valence-electron chi connectivity index (χ4n) is 1.65. The van der Waals surface area contributed by atoms with E-state index in [1.165, 1.54) is 25.9 Å². The minimum absolute atomic E-state index is 0. The minimum Gasteiger partial charge on any atom is -0.316 e. The molecule has 2 fully saturated rings. The van der Waals surface area contributed by atoms with Crippen LogP contribution in [-0.2, 0) is 0 Å². The summed E-state index contributed by atoms with van der Waals surface area (Å²) in [5.41, 5.74) is 0.797. The Labute approximate surface area is 75.5 Å². The second kappa shape index (κ2) is 2.55. The van der Waals surface area contributed by atoms with Crippen molar-refractivity contribution in [1.29, 1.82) is 0 Å². The van der Waals surface area contributed by atoms with Crippen molar-refractivity contribution in [3.8, 4) is 0 Å². The van der Waals surface area contributed by atoms with Gasteiger partial charge in [-0.3, -0.25) is 0 Å². The van der Waals surface area contributed by atoms with Crippen LogP contribution >= 0.6 is 35.0 Å². The lowest BCUT2D eigenvalue weighted by Crippen LogP contribution is -2.60. The molecule has 1 saturated heterocycles. The molecule has 2 aliphatic rings. The molecule has 1 spiro atoms. The van der Waals surface area contributed by atoms with Crippen LogP contribution < -0.4 is 5.32 Å². The molecule has 1 heterocycles. The first-order chi connectivity index (χ1) is 3.81. The summed E-state index contributed by atoms with van der Waals surface area (Å²) >= 11 is 2.55. The van der Waals surface area contributed by atoms with Crippen LogP contribution in [0.1, 0.15) is 12.8 Å². The Hall–Kier alpha value is 0.980. The Bertz CT molecular complexity index is 106. The van der Waals surface area contributed by atoms with E-state index in [4.69, 9.17) is 0 Å². The van der Waals surface area contributed by atoms with Gasteiger partial charge in [-0.25, -0.2) is 0 Å². The molecule has 0 aromatic rings. The van der Waals surface area contributed by atoms with E-state index in [0.717, 1.165) is 9.34 Å². The van der Waals surface area contributed by atoms with Gasteiger partial charge in [0.05, 0.1) is 0 Å². The fraction of sp³-hybridized carbons (Fsp3) is 1.00. The van der Waals surface area contributed by atoms with Gasteiger partial charge in [0.1, 0.15) is 0 Å². The van der Waals surface area contributed by atoms with E-state index in [-0.39, 0.29) is 12.4 Å². The Balaban J connectivity index is 0.000000405. The van der Waals surface area contributed by atoms with Crippen LogP contribution in [0.2, 0.25) is 0 Å². The van der Waals surface area contributed by atoms with Crippen LogP contribution in [0, 0.1) is 5.41 Å². The zero-order valence-electron chi connectivity index (χ0n) is 5.19. The van der Waals surface area contributed by atoms with Gasteiger partial charge in [0.15, 0.2) is 0 Å². The highest BCUT2D eigenvalue weighted by molar-refractivity contribution is 14.1. The molecule has 1 N–H and O–H groups in total. The third kappa shape index (κ3) is 1.21. The predicted octanol–water partition coefficient (Wildman–Crippen LogP) is 1.60.